The third-order valence-electron chi connectivity index (χ3n) is 5.59. The second-order valence-electron chi connectivity index (χ2n) is 8.00. The average molecular weight is 424 g/mol. The lowest BCUT2D eigenvalue weighted by Crippen LogP contribution is -2.53. The first-order valence-corrected chi connectivity index (χ1v) is 10.5. The van der Waals surface area contributed by atoms with Gasteiger partial charge in [0.15, 0.2) is 0 Å². The molecule has 0 heterocycles. The number of rotatable bonds is 8. The number of aliphatic carboxylic acids is 1. The minimum Gasteiger partial charge on any atom is -0.480 e. The maximum atomic E-state index is 12.5. The van der Waals surface area contributed by atoms with Crippen molar-refractivity contribution in [2.75, 3.05) is 6.61 Å². The van der Waals surface area contributed by atoms with Gasteiger partial charge in [-0.05, 0) is 34.6 Å². The van der Waals surface area contributed by atoms with Gasteiger partial charge in [0.2, 0.25) is 5.91 Å². The van der Waals surface area contributed by atoms with Crippen molar-refractivity contribution in [3.63, 3.8) is 0 Å². The third-order valence-corrected chi connectivity index (χ3v) is 5.59. The number of benzene rings is 2. The van der Waals surface area contributed by atoms with Gasteiger partial charge in [-0.3, -0.25) is 4.79 Å². The fourth-order valence-electron chi connectivity index (χ4n) is 3.90. The van der Waals surface area contributed by atoms with Crippen LogP contribution in [-0.2, 0) is 14.3 Å². The summed E-state index contributed by atoms with van der Waals surface area (Å²) in [6.07, 6.45) is -0.402. The molecule has 0 saturated heterocycles. The Balaban J connectivity index is 1.63. The molecule has 7 nitrogen and oxygen atoms in total. The van der Waals surface area contributed by atoms with E-state index in [1.54, 1.807) is 20.8 Å². The van der Waals surface area contributed by atoms with Gasteiger partial charge in [-0.1, -0.05) is 69.3 Å². The van der Waals surface area contributed by atoms with Crippen molar-refractivity contribution in [1.29, 1.82) is 0 Å². The van der Waals surface area contributed by atoms with E-state index in [9.17, 15) is 19.5 Å². The minimum atomic E-state index is -1.11. The van der Waals surface area contributed by atoms with E-state index < -0.39 is 30.1 Å². The molecule has 2 unspecified atom stereocenters. The second-order valence-corrected chi connectivity index (χ2v) is 8.00. The molecule has 0 bridgehead atoms. The van der Waals surface area contributed by atoms with E-state index in [1.165, 1.54) is 0 Å². The molecular weight excluding hydrogens is 396 g/mol. The molecule has 0 spiro atoms. The molecule has 7 heteroatoms. The number of carboxylic acid groups (broad SMARTS) is 1. The van der Waals surface area contributed by atoms with Gasteiger partial charge >= 0.3 is 12.1 Å². The molecule has 0 saturated carbocycles. The van der Waals surface area contributed by atoms with Crippen LogP contribution in [0, 0.1) is 5.92 Å². The Morgan fingerprint density at radius 1 is 0.968 bits per heavy atom. The molecule has 0 fully saturated rings. The number of carbonyl (C=O) groups excluding carboxylic acids is 2. The van der Waals surface area contributed by atoms with Crippen molar-refractivity contribution < 1.29 is 24.2 Å². The molecule has 3 rings (SSSR count). The summed E-state index contributed by atoms with van der Waals surface area (Å²) in [6, 6.07) is 14.2. The topological polar surface area (TPSA) is 105 Å². The SMILES string of the molecule is CCC(NC(=O)OCC1c2ccccc2-c2ccccc21)C(=O)NC(C(=O)O)C(C)C. The number of carboxylic acids is 1. The highest BCUT2D eigenvalue weighted by atomic mass is 16.5. The standard InChI is InChI=1S/C24H28N2O5/c1-4-20(22(27)26-21(14(2)3)23(28)29)25-24(30)31-13-19-17-11-7-5-9-15(17)16-10-6-8-12-18(16)19/h5-12,14,19-21H,4,13H2,1-3H3,(H,25,30)(H,26,27)(H,28,29). The molecule has 1 aliphatic carbocycles. The first kappa shape index (κ1) is 22.3. The van der Waals surface area contributed by atoms with Crippen LogP contribution in [0.1, 0.15) is 44.2 Å². The lowest BCUT2D eigenvalue weighted by Gasteiger charge is -2.22. The van der Waals surface area contributed by atoms with E-state index >= 15 is 0 Å². The molecule has 2 aromatic carbocycles. The average Bonchev–Trinajstić information content (AvgIpc) is 3.07. The van der Waals surface area contributed by atoms with E-state index in [4.69, 9.17) is 4.74 Å². The fraction of sp³-hybridized carbons (Fsp3) is 0.375. The van der Waals surface area contributed by atoms with Crippen molar-refractivity contribution in [3.8, 4) is 11.1 Å². The van der Waals surface area contributed by atoms with Gasteiger partial charge < -0.3 is 20.5 Å². The summed E-state index contributed by atoms with van der Waals surface area (Å²) < 4.78 is 5.48. The van der Waals surface area contributed by atoms with Gasteiger partial charge in [-0.15, -0.1) is 0 Å². The summed E-state index contributed by atoms with van der Waals surface area (Å²) in [5.41, 5.74) is 4.46. The van der Waals surface area contributed by atoms with Crippen LogP contribution in [0.3, 0.4) is 0 Å². The summed E-state index contributed by atoms with van der Waals surface area (Å²) >= 11 is 0. The number of hydrogen-bond acceptors (Lipinski definition) is 4. The number of nitrogens with one attached hydrogen (secondary N) is 2. The molecule has 0 aliphatic heterocycles. The summed E-state index contributed by atoms with van der Waals surface area (Å²) in [7, 11) is 0. The Labute approximate surface area is 181 Å². The molecule has 31 heavy (non-hydrogen) atoms. The van der Waals surface area contributed by atoms with Gasteiger partial charge in [-0.2, -0.15) is 0 Å². The first-order valence-electron chi connectivity index (χ1n) is 10.5. The Kier molecular flexibility index (Phi) is 6.95. The Morgan fingerprint density at radius 2 is 1.52 bits per heavy atom. The Bertz CT molecular complexity index is 926. The lowest BCUT2D eigenvalue weighted by molar-refractivity contribution is -0.143. The monoisotopic (exact) mass is 424 g/mol. The fourth-order valence-corrected chi connectivity index (χ4v) is 3.90. The quantitative estimate of drug-likeness (QED) is 0.601. The number of amides is 2. The molecular formula is C24H28N2O5. The zero-order valence-electron chi connectivity index (χ0n) is 17.9. The van der Waals surface area contributed by atoms with Crippen LogP contribution in [0.4, 0.5) is 4.79 Å². The van der Waals surface area contributed by atoms with Crippen LogP contribution >= 0.6 is 0 Å². The predicted molar refractivity (Wildman–Crippen MR) is 117 cm³/mol. The normalized spacial score (nSPS) is 14.3. The van der Waals surface area contributed by atoms with E-state index in [0.29, 0.717) is 6.42 Å². The highest BCUT2D eigenvalue weighted by Crippen LogP contribution is 2.44. The minimum absolute atomic E-state index is 0.0793. The van der Waals surface area contributed by atoms with E-state index in [1.807, 2.05) is 36.4 Å². The highest BCUT2D eigenvalue weighted by molar-refractivity contribution is 5.89. The molecule has 1 aliphatic rings. The summed E-state index contributed by atoms with van der Waals surface area (Å²) in [5, 5.41) is 14.3. The predicted octanol–water partition coefficient (Wildman–Crippen LogP) is 3.53. The van der Waals surface area contributed by atoms with E-state index in [-0.39, 0.29) is 18.4 Å². The van der Waals surface area contributed by atoms with E-state index in [0.717, 1.165) is 22.3 Å². The van der Waals surface area contributed by atoms with Gasteiger partial charge in [0.1, 0.15) is 18.7 Å². The van der Waals surface area contributed by atoms with Crippen LogP contribution in [0.25, 0.3) is 11.1 Å². The summed E-state index contributed by atoms with van der Waals surface area (Å²) in [6.45, 7) is 5.29. The highest BCUT2D eigenvalue weighted by Gasteiger charge is 2.30. The zero-order valence-corrected chi connectivity index (χ0v) is 17.9. The molecule has 0 radical (unpaired) electrons. The number of carbonyl (C=O) groups is 3. The Morgan fingerprint density at radius 3 is 2.00 bits per heavy atom. The van der Waals surface area contributed by atoms with Crippen molar-refractivity contribution in [2.24, 2.45) is 5.92 Å². The number of ether oxygens (including phenoxy) is 1. The van der Waals surface area contributed by atoms with E-state index in [2.05, 4.69) is 22.8 Å². The molecule has 2 aromatic rings. The van der Waals surface area contributed by atoms with Crippen molar-refractivity contribution in [1.82, 2.24) is 10.6 Å². The molecule has 2 amide bonds. The number of hydrogen-bond donors (Lipinski definition) is 3. The molecule has 2 atom stereocenters. The maximum Gasteiger partial charge on any atom is 0.407 e. The van der Waals surface area contributed by atoms with Crippen molar-refractivity contribution in [3.05, 3.63) is 59.7 Å². The lowest BCUT2D eigenvalue weighted by atomic mass is 9.98. The zero-order chi connectivity index (χ0) is 22.5. The summed E-state index contributed by atoms with van der Waals surface area (Å²) in [4.78, 5) is 36.2. The van der Waals surface area contributed by atoms with Crippen molar-refractivity contribution in [2.45, 2.75) is 45.2 Å². The van der Waals surface area contributed by atoms with Crippen LogP contribution in [0.15, 0.2) is 48.5 Å². The van der Waals surface area contributed by atoms with Gasteiger partial charge in [-0.25, -0.2) is 9.59 Å². The largest absolute Gasteiger partial charge is 0.480 e. The first-order chi connectivity index (χ1) is 14.8. The van der Waals surface area contributed by atoms with Crippen molar-refractivity contribution >= 4 is 18.0 Å². The van der Waals surface area contributed by atoms with Crippen LogP contribution in [-0.4, -0.2) is 41.8 Å². The van der Waals surface area contributed by atoms with Gasteiger partial charge in [0, 0.05) is 5.92 Å². The molecule has 3 N–H and O–H groups in total. The number of alkyl carbamates (subject to hydrolysis) is 1. The Hall–Kier alpha value is -3.35. The van der Waals surface area contributed by atoms with Crippen LogP contribution in [0.2, 0.25) is 0 Å². The van der Waals surface area contributed by atoms with Crippen LogP contribution < -0.4 is 10.6 Å². The molecule has 164 valence electrons. The maximum absolute atomic E-state index is 12.5. The second kappa shape index (κ2) is 9.64. The van der Waals surface area contributed by atoms with Crippen LogP contribution in [0.5, 0.6) is 0 Å². The number of fused-ring (bicyclic) bond motifs is 3. The molecule has 0 aromatic heterocycles. The van der Waals surface area contributed by atoms with Gasteiger partial charge in [0.05, 0.1) is 0 Å². The van der Waals surface area contributed by atoms with Gasteiger partial charge in [0.25, 0.3) is 0 Å². The third kappa shape index (κ3) is 4.87. The smallest absolute Gasteiger partial charge is 0.407 e. The summed E-state index contributed by atoms with van der Waals surface area (Å²) in [5.74, 6) is -2.02.